The van der Waals surface area contributed by atoms with Gasteiger partial charge in [0.2, 0.25) is 0 Å². The van der Waals surface area contributed by atoms with Crippen molar-refractivity contribution in [2.45, 2.75) is 25.4 Å². The van der Waals surface area contributed by atoms with E-state index >= 15 is 0 Å². The molecule has 0 atom stereocenters. The van der Waals surface area contributed by atoms with Gasteiger partial charge in [-0.1, -0.05) is 78.9 Å². The summed E-state index contributed by atoms with van der Waals surface area (Å²) < 4.78 is 11.0. The number of hydrogen-bond acceptors (Lipinski definition) is 4. The van der Waals surface area contributed by atoms with Gasteiger partial charge in [-0.15, -0.1) is 0 Å². The lowest BCUT2D eigenvalue weighted by molar-refractivity contribution is -0.156. The number of amides is 1. The molecule has 5 heteroatoms. The number of benzene rings is 3. The third-order valence-electron chi connectivity index (χ3n) is 5.56. The largest absolute Gasteiger partial charge is 0.453 e. The molecule has 0 unspecified atom stereocenters. The first kappa shape index (κ1) is 20.7. The Bertz CT molecular complexity index is 1050. The maximum absolute atomic E-state index is 12.2. The highest BCUT2D eigenvalue weighted by atomic mass is 16.6. The van der Waals surface area contributed by atoms with E-state index in [0.717, 1.165) is 16.7 Å². The topological polar surface area (TPSA) is 64.6 Å². The molecule has 0 aromatic heterocycles. The number of rotatable bonds is 6. The Morgan fingerprint density at radius 3 is 2.00 bits per heavy atom. The van der Waals surface area contributed by atoms with Crippen LogP contribution in [0.2, 0.25) is 0 Å². The van der Waals surface area contributed by atoms with Crippen molar-refractivity contribution < 1.29 is 19.1 Å². The van der Waals surface area contributed by atoms with Crippen molar-refractivity contribution in [3.05, 3.63) is 95.6 Å². The number of esters is 1. The Morgan fingerprint density at radius 2 is 1.39 bits per heavy atom. The molecule has 3 aromatic rings. The first-order valence-electron chi connectivity index (χ1n) is 10.3. The van der Waals surface area contributed by atoms with Crippen LogP contribution in [0, 0.1) is 0 Å². The molecule has 0 saturated carbocycles. The molecule has 0 radical (unpaired) electrons. The van der Waals surface area contributed by atoms with Gasteiger partial charge in [-0.05, 0) is 41.7 Å². The van der Waals surface area contributed by atoms with Gasteiger partial charge in [-0.3, -0.25) is 4.79 Å². The third kappa shape index (κ3) is 4.45. The predicted molar refractivity (Wildman–Crippen MR) is 119 cm³/mol. The van der Waals surface area contributed by atoms with Crippen LogP contribution in [0.25, 0.3) is 11.1 Å². The first-order valence-corrected chi connectivity index (χ1v) is 10.3. The number of carbonyl (C=O) groups is 2. The fourth-order valence-electron chi connectivity index (χ4n) is 4.01. The second-order valence-corrected chi connectivity index (χ2v) is 8.03. The van der Waals surface area contributed by atoms with Gasteiger partial charge in [0.1, 0.15) is 18.8 Å². The molecule has 4 rings (SSSR count). The Hall–Kier alpha value is -3.60. The second-order valence-electron chi connectivity index (χ2n) is 8.03. The van der Waals surface area contributed by atoms with Crippen LogP contribution in [-0.4, -0.2) is 25.2 Å². The molecular formula is C26H25NO4. The summed E-state index contributed by atoms with van der Waals surface area (Å²) in [5, 5.41) is 2.49. The highest BCUT2D eigenvalue weighted by Crippen LogP contribution is 2.44. The van der Waals surface area contributed by atoms with E-state index in [9.17, 15) is 9.59 Å². The van der Waals surface area contributed by atoms with Crippen molar-refractivity contribution in [2.24, 2.45) is 0 Å². The zero-order valence-corrected chi connectivity index (χ0v) is 17.6. The van der Waals surface area contributed by atoms with Crippen LogP contribution < -0.4 is 5.32 Å². The minimum atomic E-state index is -0.790. The monoisotopic (exact) mass is 415 g/mol. The molecule has 158 valence electrons. The van der Waals surface area contributed by atoms with Gasteiger partial charge in [0.05, 0.1) is 0 Å². The van der Waals surface area contributed by atoms with Crippen molar-refractivity contribution in [1.82, 2.24) is 5.32 Å². The second kappa shape index (κ2) is 8.64. The highest BCUT2D eigenvalue weighted by Gasteiger charge is 2.29. The normalized spacial score (nSPS) is 12.6. The van der Waals surface area contributed by atoms with Crippen LogP contribution >= 0.6 is 0 Å². The van der Waals surface area contributed by atoms with Crippen LogP contribution in [0.5, 0.6) is 0 Å². The van der Waals surface area contributed by atoms with Crippen LogP contribution in [0.1, 0.15) is 36.5 Å². The number of nitrogens with one attached hydrogen (secondary N) is 1. The Kier molecular flexibility index (Phi) is 5.76. The van der Waals surface area contributed by atoms with Gasteiger partial charge in [-0.2, -0.15) is 0 Å². The maximum Gasteiger partial charge on any atom is 0.407 e. The summed E-state index contributed by atoms with van der Waals surface area (Å²) in [6, 6.07) is 25.7. The third-order valence-corrected chi connectivity index (χ3v) is 5.56. The molecule has 5 nitrogen and oxygen atoms in total. The number of carbonyl (C=O) groups excluding carboxylic acids is 2. The lowest BCUT2D eigenvalue weighted by atomic mass is 9.98. The van der Waals surface area contributed by atoms with Gasteiger partial charge in [0.25, 0.3) is 0 Å². The van der Waals surface area contributed by atoms with Crippen molar-refractivity contribution >= 4 is 12.1 Å². The molecule has 1 aliphatic rings. The standard InChI is InChI=1S/C26H25NO4/c1-26(2,18-10-4-3-5-11-18)31-24(28)16-27-25(29)30-17-23-21-14-8-6-12-19(21)20-13-7-9-15-22(20)23/h3-15,23H,16-17H2,1-2H3,(H,27,29). The zero-order chi connectivity index (χ0) is 21.8. The van der Waals surface area contributed by atoms with E-state index in [4.69, 9.17) is 9.47 Å². The van der Waals surface area contributed by atoms with E-state index in [1.54, 1.807) is 0 Å². The summed E-state index contributed by atoms with van der Waals surface area (Å²) >= 11 is 0. The lowest BCUT2D eigenvalue weighted by Gasteiger charge is -2.25. The maximum atomic E-state index is 12.2. The van der Waals surface area contributed by atoms with E-state index in [0.29, 0.717) is 0 Å². The summed E-state index contributed by atoms with van der Waals surface area (Å²) in [6.07, 6.45) is -0.642. The van der Waals surface area contributed by atoms with E-state index in [-0.39, 0.29) is 19.1 Å². The molecule has 1 amide bonds. The molecule has 1 aliphatic carbocycles. The van der Waals surface area contributed by atoms with Crippen LogP contribution in [-0.2, 0) is 19.9 Å². The number of ether oxygens (including phenoxy) is 2. The lowest BCUT2D eigenvalue weighted by Crippen LogP contribution is -2.35. The average Bonchev–Trinajstić information content (AvgIpc) is 3.10. The van der Waals surface area contributed by atoms with Gasteiger partial charge in [-0.25, -0.2) is 4.79 Å². The van der Waals surface area contributed by atoms with Gasteiger partial charge >= 0.3 is 12.1 Å². The smallest absolute Gasteiger partial charge is 0.407 e. The first-order chi connectivity index (χ1) is 15.0. The number of alkyl carbamates (subject to hydrolysis) is 1. The summed E-state index contributed by atoms with van der Waals surface area (Å²) in [5.41, 5.74) is 4.70. The molecule has 3 aromatic carbocycles. The van der Waals surface area contributed by atoms with E-state index in [1.807, 2.05) is 68.4 Å². The van der Waals surface area contributed by atoms with Gasteiger partial charge in [0, 0.05) is 5.92 Å². The molecule has 31 heavy (non-hydrogen) atoms. The molecular weight excluding hydrogens is 390 g/mol. The van der Waals surface area contributed by atoms with Gasteiger partial charge < -0.3 is 14.8 Å². The van der Waals surface area contributed by atoms with E-state index < -0.39 is 17.7 Å². The summed E-state index contributed by atoms with van der Waals surface area (Å²) in [5.74, 6) is -0.551. The fraction of sp³-hybridized carbons (Fsp3) is 0.231. The van der Waals surface area contributed by atoms with Crippen LogP contribution in [0.3, 0.4) is 0 Å². The number of hydrogen-bond donors (Lipinski definition) is 1. The van der Waals surface area contributed by atoms with Crippen molar-refractivity contribution in [2.75, 3.05) is 13.2 Å². The average molecular weight is 415 g/mol. The molecule has 0 fully saturated rings. The van der Waals surface area contributed by atoms with Crippen molar-refractivity contribution in [3.8, 4) is 11.1 Å². The predicted octanol–water partition coefficient (Wildman–Crippen LogP) is 5.00. The summed E-state index contributed by atoms with van der Waals surface area (Å²) in [6.45, 7) is 3.57. The molecule has 1 N–H and O–H groups in total. The van der Waals surface area contributed by atoms with E-state index in [2.05, 4.69) is 29.6 Å². The molecule has 0 bridgehead atoms. The van der Waals surface area contributed by atoms with Crippen molar-refractivity contribution in [1.29, 1.82) is 0 Å². The molecule has 0 saturated heterocycles. The number of fused-ring (bicyclic) bond motifs is 3. The Morgan fingerprint density at radius 1 is 0.839 bits per heavy atom. The minimum Gasteiger partial charge on any atom is -0.453 e. The molecule has 0 heterocycles. The zero-order valence-electron chi connectivity index (χ0n) is 17.6. The quantitative estimate of drug-likeness (QED) is 0.575. The van der Waals surface area contributed by atoms with E-state index in [1.165, 1.54) is 11.1 Å². The fourth-order valence-corrected chi connectivity index (χ4v) is 4.01. The summed E-state index contributed by atoms with van der Waals surface area (Å²) in [4.78, 5) is 24.5. The minimum absolute atomic E-state index is 0.0258. The van der Waals surface area contributed by atoms with Crippen LogP contribution in [0.15, 0.2) is 78.9 Å². The molecule has 0 spiro atoms. The summed E-state index contributed by atoms with van der Waals surface area (Å²) in [7, 11) is 0. The Labute approximate surface area is 182 Å². The molecule has 0 aliphatic heterocycles. The highest BCUT2D eigenvalue weighted by molar-refractivity contribution is 5.80. The van der Waals surface area contributed by atoms with Gasteiger partial charge in [0.15, 0.2) is 0 Å². The SMILES string of the molecule is CC(C)(OC(=O)CNC(=O)OCC1c2ccccc2-c2ccccc21)c1ccccc1. The van der Waals surface area contributed by atoms with Crippen molar-refractivity contribution in [3.63, 3.8) is 0 Å². The Balaban J connectivity index is 1.32. The van der Waals surface area contributed by atoms with Crippen LogP contribution in [0.4, 0.5) is 4.79 Å².